The molecule has 1 amide bonds. The van der Waals surface area contributed by atoms with Crippen molar-refractivity contribution in [1.29, 1.82) is 0 Å². The zero-order valence-electron chi connectivity index (χ0n) is 11.3. The maximum Gasteiger partial charge on any atom is 0.240 e. The van der Waals surface area contributed by atoms with E-state index in [4.69, 9.17) is 5.73 Å². The Morgan fingerprint density at radius 3 is 2.06 bits per heavy atom. The number of hydrogen-bond donors (Lipinski definition) is 2. The molecular formula is C13H26N2O. The fraction of sp³-hybridized carbons (Fsp3) is 0.923. The number of hydrogen-bond acceptors (Lipinski definition) is 2. The largest absolute Gasteiger partial charge is 0.350 e. The minimum atomic E-state index is -0.588. The number of rotatable bonds is 3. The molecule has 0 atom stereocenters. The molecule has 1 rings (SSSR count). The second-order valence-electron chi connectivity index (χ2n) is 7.09. The van der Waals surface area contributed by atoms with Gasteiger partial charge < -0.3 is 11.1 Å². The monoisotopic (exact) mass is 226 g/mol. The number of carbonyl (C=O) groups is 1. The lowest BCUT2D eigenvalue weighted by atomic mass is 9.75. The van der Waals surface area contributed by atoms with Crippen molar-refractivity contribution in [3.63, 3.8) is 0 Å². The van der Waals surface area contributed by atoms with Crippen molar-refractivity contribution in [2.75, 3.05) is 0 Å². The first kappa shape index (κ1) is 13.5. The van der Waals surface area contributed by atoms with Crippen LogP contribution in [0.25, 0.3) is 0 Å². The molecule has 94 valence electrons. The minimum absolute atomic E-state index is 0.0213. The molecule has 16 heavy (non-hydrogen) atoms. The molecule has 1 saturated carbocycles. The van der Waals surface area contributed by atoms with Gasteiger partial charge in [-0.2, -0.15) is 0 Å². The highest BCUT2D eigenvalue weighted by molar-refractivity contribution is 5.87. The highest BCUT2D eigenvalue weighted by Gasteiger charge is 2.42. The third-order valence-corrected chi connectivity index (χ3v) is 3.12. The summed E-state index contributed by atoms with van der Waals surface area (Å²) in [6.45, 7) is 10.7. The molecular weight excluding hydrogens is 200 g/mol. The summed E-state index contributed by atoms with van der Waals surface area (Å²) in [5.74, 6) is 0.0213. The van der Waals surface area contributed by atoms with Crippen molar-refractivity contribution in [2.45, 2.75) is 71.4 Å². The lowest BCUT2D eigenvalue weighted by molar-refractivity contribution is -0.131. The van der Waals surface area contributed by atoms with Gasteiger partial charge in [-0.15, -0.1) is 0 Å². The Morgan fingerprint density at radius 2 is 1.75 bits per heavy atom. The number of nitrogens with one attached hydrogen (secondary N) is 1. The SMILES string of the molecule is CC(C)(C)CC(C)(C)NC(=O)C1(N)CCC1. The summed E-state index contributed by atoms with van der Waals surface area (Å²) in [6.07, 6.45) is 3.67. The molecule has 0 aromatic carbocycles. The van der Waals surface area contributed by atoms with Crippen LogP contribution in [0.1, 0.15) is 60.3 Å². The Morgan fingerprint density at radius 1 is 1.25 bits per heavy atom. The molecule has 3 nitrogen and oxygen atoms in total. The van der Waals surface area contributed by atoms with Crippen molar-refractivity contribution in [2.24, 2.45) is 11.1 Å². The molecule has 1 aliphatic carbocycles. The smallest absolute Gasteiger partial charge is 0.240 e. The molecule has 3 heteroatoms. The maximum atomic E-state index is 12.0. The molecule has 1 fully saturated rings. The van der Waals surface area contributed by atoms with Crippen molar-refractivity contribution >= 4 is 5.91 Å². The van der Waals surface area contributed by atoms with E-state index in [0.29, 0.717) is 0 Å². The molecule has 0 heterocycles. The fourth-order valence-electron chi connectivity index (χ4n) is 2.59. The predicted octanol–water partition coefficient (Wildman–Crippen LogP) is 2.20. The number of nitrogens with two attached hydrogens (primary N) is 1. The summed E-state index contributed by atoms with van der Waals surface area (Å²) < 4.78 is 0. The van der Waals surface area contributed by atoms with Gasteiger partial charge in [0.1, 0.15) is 0 Å². The van der Waals surface area contributed by atoms with Gasteiger partial charge in [0.25, 0.3) is 0 Å². The van der Waals surface area contributed by atoms with Crippen LogP contribution in [0.5, 0.6) is 0 Å². The molecule has 3 N–H and O–H groups in total. The van der Waals surface area contributed by atoms with Crippen LogP contribution in [0, 0.1) is 5.41 Å². The Labute approximate surface area is 99.2 Å². The van der Waals surface area contributed by atoms with Gasteiger partial charge in [0.15, 0.2) is 0 Å². The third-order valence-electron chi connectivity index (χ3n) is 3.12. The van der Waals surface area contributed by atoms with Crippen LogP contribution in [-0.2, 0) is 4.79 Å². The lowest BCUT2D eigenvalue weighted by Crippen LogP contribution is -2.62. The zero-order valence-corrected chi connectivity index (χ0v) is 11.3. The molecule has 0 spiro atoms. The highest BCUT2D eigenvalue weighted by Crippen LogP contribution is 2.31. The second-order valence-corrected chi connectivity index (χ2v) is 7.09. The molecule has 0 saturated heterocycles. The zero-order chi connectivity index (χ0) is 12.6. The van der Waals surface area contributed by atoms with E-state index in [0.717, 1.165) is 25.7 Å². The van der Waals surface area contributed by atoms with E-state index < -0.39 is 5.54 Å². The number of amides is 1. The summed E-state index contributed by atoms with van der Waals surface area (Å²) in [5.41, 5.74) is 5.44. The van der Waals surface area contributed by atoms with Gasteiger partial charge in [-0.25, -0.2) is 0 Å². The van der Waals surface area contributed by atoms with Gasteiger partial charge in [-0.3, -0.25) is 4.79 Å². The Bertz CT molecular complexity index is 272. The van der Waals surface area contributed by atoms with E-state index in [-0.39, 0.29) is 16.9 Å². The van der Waals surface area contributed by atoms with E-state index in [1.165, 1.54) is 0 Å². The van der Waals surface area contributed by atoms with Crippen LogP contribution in [0.2, 0.25) is 0 Å². The van der Waals surface area contributed by atoms with Crippen molar-refractivity contribution in [3.8, 4) is 0 Å². The van der Waals surface area contributed by atoms with Crippen molar-refractivity contribution in [1.82, 2.24) is 5.32 Å². The molecule has 0 bridgehead atoms. The number of carbonyl (C=O) groups excluding carboxylic acids is 1. The molecule has 0 radical (unpaired) electrons. The molecule has 0 aromatic heterocycles. The topological polar surface area (TPSA) is 55.1 Å². The normalized spacial score (nSPS) is 20.1. The lowest BCUT2D eigenvalue weighted by Gasteiger charge is -2.41. The Balaban J connectivity index is 2.55. The summed E-state index contributed by atoms with van der Waals surface area (Å²) in [6, 6.07) is 0. The van der Waals surface area contributed by atoms with Gasteiger partial charge in [-0.05, 0) is 44.9 Å². The van der Waals surface area contributed by atoms with Gasteiger partial charge >= 0.3 is 0 Å². The predicted molar refractivity (Wildman–Crippen MR) is 67.1 cm³/mol. The van der Waals surface area contributed by atoms with Crippen LogP contribution >= 0.6 is 0 Å². The third kappa shape index (κ3) is 3.48. The van der Waals surface area contributed by atoms with E-state index in [1.54, 1.807) is 0 Å². The Kier molecular flexibility index (Phi) is 3.39. The summed E-state index contributed by atoms with van der Waals surface area (Å²) in [4.78, 5) is 12.0. The summed E-state index contributed by atoms with van der Waals surface area (Å²) in [5, 5.41) is 3.09. The maximum absolute atomic E-state index is 12.0. The summed E-state index contributed by atoms with van der Waals surface area (Å²) >= 11 is 0. The second kappa shape index (κ2) is 4.02. The average molecular weight is 226 g/mol. The quantitative estimate of drug-likeness (QED) is 0.775. The van der Waals surface area contributed by atoms with E-state index in [9.17, 15) is 4.79 Å². The van der Waals surface area contributed by atoms with Gasteiger partial charge in [0, 0.05) is 5.54 Å². The van der Waals surface area contributed by atoms with Crippen LogP contribution < -0.4 is 11.1 Å². The first-order chi connectivity index (χ1) is 7.04. The van der Waals surface area contributed by atoms with Crippen molar-refractivity contribution < 1.29 is 4.79 Å². The minimum Gasteiger partial charge on any atom is -0.350 e. The average Bonchev–Trinajstić information content (AvgIpc) is 1.93. The fourth-order valence-corrected chi connectivity index (χ4v) is 2.59. The van der Waals surface area contributed by atoms with E-state index in [2.05, 4.69) is 39.9 Å². The van der Waals surface area contributed by atoms with Gasteiger partial charge in [0.05, 0.1) is 5.54 Å². The summed E-state index contributed by atoms with van der Waals surface area (Å²) in [7, 11) is 0. The van der Waals surface area contributed by atoms with E-state index >= 15 is 0 Å². The standard InChI is InChI=1S/C13H26N2O/c1-11(2,3)9-12(4,5)15-10(16)13(14)7-6-8-13/h6-9,14H2,1-5H3,(H,15,16). The highest BCUT2D eigenvalue weighted by atomic mass is 16.2. The molecule has 0 aromatic rings. The van der Waals surface area contributed by atoms with Gasteiger partial charge in [-0.1, -0.05) is 20.8 Å². The molecule has 0 unspecified atom stereocenters. The Hall–Kier alpha value is -0.570. The van der Waals surface area contributed by atoms with Crippen LogP contribution in [0.3, 0.4) is 0 Å². The first-order valence-electron chi connectivity index (χ1n) is 6.16. The van der Waals surface area contributed by atoms with Crippen LogP contribution in [-0.4, -0.2) is 17.0 Å². The van der Waals surface area contributed by atoms with Crippen LogP contribution in [0.4, 0.5) is 0 Å². The van der Waals surface area contributed by atoms with Gasteiger partial charge in [0.2, 0.25) is 5.91 Å². The van der Waals surface area contributed by atoms with E-state index in [1.807, 2.05) is 0 Å². The molecule has 0 aliphatic heterocycles. The van der Waals surface area contributed by atoms with Crippen molar-refractivity contribution in [3.05, 3.63) is 0 Å². The molecule has 1 aliphatic rings. The first-order valence-corrected chi connectivity index (χ1v) is 6.16. The van der Waals surface area contributed by atoms with Crippen LogP contribution in [0.15, 0.2) is 0 Å².